The van der Waals surface area contributed by atoms with Gasteiger partial charge in [-0.1, -0.05) is 25.1 Å². The summed E-state index contributed by atoms with van der Waals surface area (Å²) in [6.07, 6.45) is 0.00129. The molecule has 1 amide bonds. The molecular weight excluding hydrogens is 356 g/mol. The number of hydrogen-bond acceptors (Lipinski definition) is 5. The molecule has 0 saturated carbocycles. The van der Waals surface area contributed by atoms with E-state index in [0.717, 1.165) is 5.56 Å². The molecule has 140 valence electrons. The van der Waals surface area contributed by atoms with E-state index >= 15 is 0 Å². The van der Waals surface area contributed by atoms with Crippen LogP contribution in [0.4, 0.5) is 16.2 Å². The first-order valence-corrected chi connectivity index (χ1v) is 9.62. The van der Waals surface area contributed by atoms with Crippen LogP contribution >= 0.6 is 0 Å². The summed E-state index contributed by atoms with van der Waals surface area (Å²) < 4.78 is 38.0. The average Bonchev–Trinajstić information content (AvgIpc) is 2.62. The number of ether oxygens (including phenoxy) is 2. The fourth-order valence-corrected chi connectivity index (χ4v) is 3.49. The molecule has 0 radical (unpaired) electrons. The number of amides is 1. The van der Waals surface area contributed by atoms with Crippen LogP contribution < -0.4 is 14.8 Å². The molecule has 0 bridgehead atoms. The van der Waals surface area contributed by atoms with Crippen LogP contribution in [0.5, 0.6) is 5.75 Å². The number of hydrogen-bond donors (Lipinski definition) is 2. The molecule has 8 heteroatoms. The Hall–Kier alpha value is -2.74. The summed E-state index contributed by atoms with van der Waals surface area (Å²) in [6.45, 7) is 3.82. The Labute approximate surface area is 153 Å². The van der Waals surface area contributed by atoms with Crippen molar-refractivity contribution in [2.75, 3.05) is 23.8 Å². The third-order valence-electron chi connectivity index (χ3n) is 3.64. The zero-order valence-electron chi connectivity index (χ0n) is 14.9. The number of rotatable bonds is 7. The number of benzene rings is 2. The molecule has 0 atom stereocenters. The number of aryl methyl sites for hydroxylation is 1. The molecule has 0 unspecified atom stereocenters. The molecule has 0 fully saturated rings. The number of methoxy groups -OCH3 is 1. The van der Waals surface area contributed by atoms with Gasteiger partial charge in [0.1, 0.15) is 5.75 Å². The van der Waals surface area contributed by atoms with Crippen LogP contribution in [0, 0.1) is 0 Å². The lowest BCUT2D eigenvalue weighted by molar-refractivity contribution is 0.168. The highest BCUT2D eigenvalue weighted by Gasteiger charge is 2.19. The van der Waals surface area contributed by atoms with E-state index in [-0.39, 0.29) is 17.2 Å². The van der Waals surface area contributed by atoms with E-state index in [1.54, 1.807) is 19.1 Å². The van der Waals surface area contributed by atoms with E-state index in [9.17, 15) is 13.2 Å². The zero-order valence-corrected chi connectivity index (χ0v) is 15.7. The Morgan fingerprint density at radius 1 is 1.08 bits per heavy atom. The van der Waals surface area contributed by atoms with E-state index < -0.39 is 16.1 Å². The van der Waals surface area contributed by atoms with Gasteiger partial charge in [0.25, 0.3) is 10.0 Å². The Morgan fingerprint density at radius 2 is 1.81 bits per heavy atom. The second kappa shape index (κ2) is 8.57. The highest BCUT2D eigenvalue weighted by molar-refractivity contribution is 7.92. The molecule has 0 saturated heterocycles. The van der Waals surface area contributed by atoms with Crippen molar-refractivity contribution in [3.8, 4) is 5.75 Å². The lowest BCUT2D eigenvalue weighted by Crippen LogP contribution is -2.17. The van der Waals surface area contributed by atoms with Gasteiger partial charge in [-0.15, -0.1) is 0 Å². The molecule has 0 aliphatic rings. The summed E-state index contributed by atoms with van der Waals surface area (Å²) in [4.78, 5) is 11.7. The zero-order chi connectivity index (χ0) is 19.2. The molecule has 26 heavy (non-hydrogen) atoms. The lowest BCUT2D eigenvalue weighted by atomic mass is 10.1. The molecular formula is C18H22N2O5S. The molecule has 2 rings (SSSR count). The first kappa shape index (κ1) is 19.6. The minimum atomic E-state index is -3.84. The van der Waals surface area contributed by atoms with Gasteiger partial charge < -0.3 is 9.47 Å². The fourth-order valence-electron chi connectivity index (χ4n) is 2.36. The summed E-state index contributed by atoms with van der Waals surface area (Å²) in [5.41, 5.74) is 1.61. The van der Waals surface area contributed by atoms with Crippen LogP contribution in [0.1, 0.15) is 19.4 Å². The summed E-state index contributed by atoms with van der Waals surface area (Å²) in [7, 11) is -2.41. The van der Waals surface area contributed by atoms with E-state index in [1.165, 1.54) is 25.3 Å². The van der Waals surface area contributed by atoms with Gasteiger partial charge in [-0.25, -0.2) is 13.2 Å². The average molecular weight is 378 g/mol. The molecule has 2 aromatic rings. The molecule has 0 aliphatic heterocycles. The molecule has 0 aromatic heterocycles. The first-order valence-electron chi connectivity index (χ1n) is 8.13. The van der Waals surface area contributed by atoms with Crippen molar-refractivity contribution in [2.24, 2.45) is 0 Å². The molecule has 0 spiro atoms. The molecule has 0 aliphatic carbocycles. The van der Waals surface area contributed by atoms with Crippen LogP contribution in [0.15, 0.2) is 47.4 Å². The van der Waals surface area contributed by atoms with Gasteiger partial charge in [0.05, 0.1) is 30.0 Å². The van der Waals surface area contributed by atoms with Crippen molar-refractivity contribution >= 4 is 27.5 Å². The van der Waals surface area contributed by atoms with Crippen molar-refractivity contribution in [3.05, 3.63) is 48.0 Å². The van der Waals surface area contributed by atoms with Gasteiger partial charge in [-0.3, -0.25) is 10.0 Å². The van der Waals surface area contributed by atoms with Crippen LogP contribution in [0.2, 0.25) is 0 Å². The van der Waals surface area contributed by atoms with Gasteiger partial charge in [0.15, 0.2) is 0 Å². The number of nitrogens with one attached hydrogen (secondary N) is 2. The summed E-state index contributed by atoms with van der Waals surface area (Å²) in [5, 5.41) is 2.48. The normalized spacial score (nSPS) is 10.9. The Bertz CT molecular complexity index is 881. The predicted octanol–water partition coefficient (Wildman–Crippen LogP) is 3.63. The predicted molar refractivity (Wildman–Crippen MR) is 100 cm³/mol. The summed E-state index contributed by atoms with van der Waals surface area (Å²) >= 11 is 0. The van der Waals surface area contributed by atoms with Gasteiger partial charge in [-0.2, -0.15) is 0 Å². The maximum absolute atomic E-state index is 12.7. The van der Waals surface area contributed by atoms with Gasteiger partial charge in [0.2, 0.25) is 0 Å². The molecule has 2 N–H and O–H groups in total. The molecule has 2 aromatic carbocycles. The molecule has 0 heterocycles. The Morgan fingerprint density at radius 3 is 2.46 bits per heavy atom. The lowest BCUT2D eigenvalue weighted by Gasteiger charge is -2.14. The van der Waals surface area contributed by atoms with Crippen LogP contribution in [0.3, 0.4) is 0 Å². The SMILES string of the molecule is CCOC(=O)Nc1cc(S(=O)(=O)Nc2ccccc2CC)ccc1OC. The maximum Gasteiger partial charge on any atom is 0.411 e. The number of carbonyl (C=O) groups excluding carboxylic acids is 1. The maximum atomic E-state index is 12.7. The third-order valence-corrected chi connectivity index (χ3v) is 5.00. The number of sulfonamides is 1. The Balaban J connectivity index is 2.35. The van der Waals surface area contributed by atoms with E-state index in [2.05, 4.69) is 10.0 Å². The second-order valence-electron chi connectivity index (χ2n) is 5.32. The van der Waals surface area contributed by atoms with Crippen molar-refractivity contribution in [2.45, 2.75) is 25.2 Å². The minimum Gasteiger partial charge on any atom is -0.495 e. The van der Waals surface area contributed by atoms with Crippen molar-refractivity contribution in [1.29, 1.82) is 0 Å². The van der Waals surface area contributed by atoms with E-state index in [0.29, 0.717) is 17.9 Å². The van der Waals surface area contributed by atoms with Gasteiger partial charge in [-0.05, 0) is 43.2 Å². The number of anilines is 2. The van der Waals surface area contributed by atoms with E-state index in [1.807, 2.05) is 19.1 Å². The van der Waals surface area contributed by atoms with E-state index in [4.69, 9.17) is 9.47 Å². The number of para-hydroxylation sites is 1. The van der Waals surface area contributed by atoms with Crippen LogP contribution in [0.25, 0.3) is 0 Å². The monoisotopic (exact) mass is 378 g/mol. The summed E-state index contributed by atoms with van der Waals surface area (Å²) in [5.74, 6) is 0.325. The fraction of sp³-hybridized carbons (Fsp3) is 0.278. The Kier molecular flexibility index (Phi) is 6.46. The van der Waals surface area contributed by atoms with Crippen molar-refractivity contribution in [1.82, 2.24) is 0 Å². The highest BCUT2D eigenvalue weighted by atomic mass is 32.2. The van der Waals surface area contributed by atoms with Crippen LogP contribution in [-0.4, -0.2) is 28.2 Å². The van der Waals surface area contributed by atoms with Crippen LogP contribution in [-0.2, 0) is 21.2 Å². The van der Waals surface area contributed by atoms with Gasteiger partial charge in [0, 0.05) is 0 Å². The second-order valence-corrected chi connectivity index (χ2v) is 7.01. The smallest absolute Gasteiger partial charge is 0.411 e. The third kappa shape index (κ3) is 4.66. The van der Waals surface area contributed by atoms with Gasteiger partial charge >= 0.3 is 6.09 Å². The number of carbonyl (C=O) groups is 1. The van der Waals surface area contributed by atoms with Crippen molar-refractivity contribution in [3.63, 3.8) is 0 Å². The quantitative estimate of drug-likeness (QED) is 0.767. The first-order chi connectivity index (χ1) is 12.4. The highest BCUT2D eigenvalue weighted by Crippen LogP contribution is 2.29. The standard InChI is InChI=1S/C18H22N2O5S/c1-4-13-8-6-7-9-15(13)20-26(22,23)14-10-11-17(24-3)16(12-14)19-18(21)25-5-2/h6-12,20H,4-5H2,1-3H3,(H,19,21). The minimum absolute atomic E-state index is 0.00370. The van der Waals surface area contributed by atoms with Crippen molar-refractivity contribution < 1.29 is 22.7 Å². The topological polar surface area (TPSA) is 93.7 Å². The molecule has 7 nitrogen and oxygen atoms in total. The largest absolute Gasteiger partial charge is 0.495 e. The summed E-state index contributed by atoms with van der Waals surface area (Å²) in [6, 6.07) is 11.4.